The van der Waals surface area contributed by atoms with Gasteiger partial charge in [-0.1, -0.05) is 12.5 Å². The van der Waals surface area contributed by atoms with E-state index in [0.717, 1.165) is 0 Å². The quantitative estimate of drug-likeness (QED) is 0.870. The van der Waals surface area contributed by atoms with Crippen LogP contribution in [0.2, 0.25) is 0 Å². The molecule has 1 fully saturated rings. The average Bonchev–Trinajstić information content (AvgIpc) is 2.46. The maximum atomic E-state index is 12.7. The molecular weight excluding hydrogens is 281 g/mol. The molecule has 0 bridgehead atoms. The van der Waals surface area contributed by atoms with Crippen LogP contribution in [0.15, 0.2) is 30.5 Å². The van der Waals surface area contributed by atoms with Gasteiger partial charge in [-0.3, -0.25) is 9.78 Å². The Morgan fingerprint density at radius 3 is 2.81 bits per heavy atom. The second-order valence-electron chi connectivity index (χ2n) is 5.20. The molecule has 6 heteroatoms. The molecule has 2 atom stereocenters. The van der Waals surface area contributed by atoms with Crippen molar-refractivity contribution in [1.29, 1.82) is 0 Å². The number of nitrogens with zero attached hydrogens (tertiary/aromatic N) is 1. The number of carbonyl (C=O) groups excluding carboxylic acids is 1. The minimum Gasteiger partial charge on any atom is -0.350 e. The summed E-state index contributed by atoms with van der Waals surface area (Å²) in [5.74, 6) is -1.69. The predicted molar refractivity (Wildman–Crippen MR) is 73.2 cm³/mol. The van der Waals surface area contributed by atoms with Crippen molar-refractivity contribution in [2.75, 3.05) is 0 Å². The van der Waals surface area contributed by atoms with Crippen LogP contribution in [0.1, 0.15) is 31.4 Å². The minimum atomic E-state index is -4.17. The van der Waals surface area contributed by atoms with Gasteiger partial charge >= 0.3 is 6.18 Å². The Labute approximate surface area is 121 Å². The zero-order valence-electron chi connectivity index (χ0n) is 11.4. The summed E-state index contributed by atoms with van der Waals surface area (Å²) in [5.41, 5.74) is 0.629. The van der Waals surface area contributed by atoms with Gasteiger partial charge in [0.1, 0.15) is 0 Å². The summed E-state index contributed by atoms with van der Waals surface area (Å²) in [5, 5.41) is 2.64. The summed E-state index contributed by atoms with van der Waals surface area (Å²) in [6.45, 7) is 0. The molecule has 1 N–H and O–H groups in total. The molecular formula is C15H17F3N2O. The molecule has 1 heterocycles. The molecule has 0 aromatic carbocycles. The van der Waals surface area contributed by atoms with Gasteiger partial charge in [0, 0.05) is 18.3 Å². The van der Waals surface area contributed by atoms with Crippen LogP contribution in [0.25, 0.3) is 6.08 Å². The number of hydrogen-bond acceptors (Lipinski definition) is 2. The van der Waals surface area contributed by atoms with E-state index in [0.29, 0.717) is 18.5 Å². The number of pyridine rings is 1. The van der Waals surface area contributed by atoms with Gasteiger partial charge in [-0.2, -0.15) is 13.2 Å². The van der Waals surface area contributed by atoms with Crippen LogP contribution >= 0.6 is 0 Å². The standard InChI is InChI=1S/C15H17F3N2O/c16-15(17,18)11-4-3-6-13(10-11)20-14(21)8-7-12-5-1-2-9-19-12/h1-2,5,7-9,11,13H,3-4,6,10H2,(H,20,21). The van der Waals surface area contributed by atoms with Crippen LogP contribution < -0.4 is 5.32 Å². The second-order valence-corrected chi connectivity index (χ2v) is 5.20. The molecule has 21 heavy (non-hydrogen) atoms. The molecule has 2 rings (SSSR count). The first-order chi connectivity index (χ1) is 9.95. The first kappa shape index (κ1) is 15.5. The molecule has 1 aliphatic rings. The normalized spacial score (nSPS) is 23.2. The Morgan fingerprint density at radius 1 is 1.33 bits per heavy atom. The zero-order chi connectivity index (χ0) is 15.3. The molecule has 1 aromatic heterocycles. The monoisotopic (exact) mass is 298 g/mol. The summed E-state index contributed by atoms with van der Waals surface area (Å²) >= 11 is 0. The number of alkyl halides is 3. The minimum absolute atomic E-state index is 0.0351. The van der Waals surface area contributed by atoms with Crippen molar-refractivity contribution in [3.63, 3.8) is 0 Å². The van der Waals surface area contributed by atoms with Crippen molar-refractivity contribution >= 4 is 12.0 Å². The van der Waals surface area contributed by atoms with Gasteiger partial charge in [0.15, 0.2) is 0 Å². The Morgan fingerprint density at radius 2 is 2.14 bits per heavy atom. The smallest absolute Gasteiger partial charge is 0.350 e. The van der Waals surface area contributed by atoms with Crippen molar-refractivity contribution in [2.45, 2.75) is 37.9 Å². The van der Waals surface area contributed by atoms with Crippen molar-refractivity contribution in [2.24, 2.45) is 5.92 Å². The third-order valence-corrected chi connectivity index (χ3v) is 3.58. The van der Waals surface area contributed by atoms with E-state index in [2.05, 4.69) is 10.3 Å². The number of halogens is 3. The number of aromatic nitrogens is 1. The molecule has 0 saturated heterocycles. The third-order valence-electron chi connectivity index (χ3n) is 3.58. The molecule has 0 aliphatic heterocycles. The number of hydrogen-bond donors (Lipinski definition) is 1. The Balaban J connectivity index is 1.86. The van der Waals surface area contributed by atoms with Crippen LogP contribution in [-0.4, -0.2) is 23.1 Å². The zero-order valence-corrected chi connectivity index (χ0v) is 11.4. The molecule has 0 radical (unpaired) electrons. The molecule has 2 unspecified atom stereocenters. The van der Waals surface area contributed by atoms with E-state index in [1.807, 2.05) is 0 Å². The summed E-state index contributed by atoms with van der Waals surface area (Å²) < 4.78 is 38.1. The van der Waals surface area contributed by atoms with Crippen molar-refractivity contribution in [1.82, 2.24) is 10.3 Å². The number of nitrogens with one attached hydrogen (secondary N) is 1. The third kappa shape index (κ3) is 4.88. The molecule has 3 nitrogen and oxygen atoms in total. The highest BCUT2D eigenvalue weighted by atomic mass is 19.4. The lowest BCUT2D eigenvalue weighted by Gasteiger charge is -2.30. The van der Waals surface area contributed by atoms with E-state index in [1.165, 1.54) is 6.08 Å². The van der Waals surface area contributed by atoms with Gasteiger partial charge in [-0.15, -0.1) is 0 Å². The van der Waals surface area contributed by atoms with Gasteiger partial charge in [0.25, 0.3) is 0 Å². The Kier molecular flexibility index (Phi) is 4.98. The van der Waals surface area contributed by atoms with E-state index < -0.39 is 18.1 Å². The van der Waals surface area contributed by atoms with Crippen LogP contribution in [0.4, 0.5) is 13.2 Å². The van der Waals surface area contributed by atoms with E-state index >= 15 is 0 Å². The summed E-state index contributed by atoms with van der Waals surface area (Å²) in [6.07, 6.45) is 1.47. The Hall–Kier alpha value is -1.85. The van der Waals surface area contributed by atoms with E-state index in [4.69, 9.17) is 0 Å². The van der Waals surface area contributed by atoms with Crippen molar-refractivity contribution in [3.8, 4) is 0 Å². The highest BCUT2D eigenvalue weighted by Crippen LogP contribution is 2.37. The van der Waals surface area contributed by atoms with E-state index in [1.54, 1.807) is 30.5 Å². The number of amides is 1. The maximum absolute atomic E-state index is 12.7. The number of rotatable bonds is 3. The van der Waals surface area contributed by atoms with Crippen LogP contribution in [0.5, 0.6) is 0 Å². The average molecular weight is 298 g/mol. The topological polar surface area (TPSA) is 42.0 Å². The Bertz CT molecular complexity index is 499. The highest BCUT2D eigenvalue weighted by molar-refractivity contribution is 5.91. The van der Waals surface area contributed by atoms with Crippen LogP contribution in [0.3, 0.4) is 0 Å². The predicted octanol–water partition coefficient (Wildman–Crippen LogP) is 3.33. The molecule has 114 valence electrons. The van der Waals surface area contributed by atoms with Gasteiger partial charge in [-0.25, -0.2) is 0 Å². The first-order valence-electron chi connectivity index (χ1n) is 6.91. The van der Waals surface area contributed by atoms with Crippen molar-refractivity contribution < 1.29 is 18.0 Å². The molecule has 1 saturated carbocycles. The lowest BCUT2D eigenvalue weighted by molar-refractivity contribution is -0.184. The fraction of sp³-hybridized carbons (Fsp3) is 0.467. The molecule has 1 aliphatic carbocycles. The van der Waals surface area contributed by atoms with Crippen LogP contribution in [-0.2, 0) is 4.79 Å². The second kappa shape index (κ2) is 6.74. The van der Waals surface area contributed by atoms with E-state index in [-0.39, 0.29) is 18.7 Å². The number of carbonyl (C=O) groups is 1. The largest absolute Gasteiger partial charge is 0.391 e. The fourth-order valence-electron chi connectivity index (χ4n) is 2.50. The SMILES string of the molecule is O=C(C=Cc1ccccn1)NC1CCCC(C(F)(F)F)C1. The van der Waals surface area contributed by atoms with Gasteiger partial charge < -0.3 is 5.32 Å². The lowest BCUT2D eigenvalue weighted by atomic mass is 9.85. The summed E-state index contributed by atoms with van der Waals surface area (Å²) in [4.78, 5) is 15.8. The van der Waals surface area contributed by atoms with Crippen LogP contribution in [0, 0.1) is 5.92 Å². The highest BCUT2D eigenvalue weighted by Gasteiger charge is 2.42. The maximum Gasteiger partial charge on any atom is 0.391 e. The van der Waals surface area contributed by atoms with Crippen molar-refractivity contribution in [3.05, 3.63) is 36.2 Å². The fourth-order valence-corrected chi connectivity index (χ4v) is 2.50. The van der Waals surface area contributed by atoms with E-state index in [9.17, 15) is 18.0 Å². The summed E-state index contributed by atoms with van der Waals surface area (Å²) in [6, 6.07) is 4.88. The summed E-state index contributed by atoms with van der Waals surface area (Å²) in [7, 11) is 0. The first-order valence-corrected chi connectivity index (χ1v) is 6.91. The van der Waals surface area contributed by atoms with Gasteiger partial charge in [0.05, 0.1) is 11.6 Å². The lowest BCUT2D eigenvalue weighted by Crippen LogP contribution is -2.41. The molecule has 1 amide bonds. The molecule has 1 aromatic rings. The van der Waals surface area contributed by atoms with Gasteiger partial charge in [0.2, 0.25) is 5.91 Å². The van der Waals surface area contributed by atoms with Gasteiger partial charge in [-0.05, 0) is 37.5 Å². The molecule has 0 spiro atoms.